The van der Waals surface area contributed by atoms with E-state index in [1.165, 1.54) is 22.3 Å². The van der Waals surface area contributed by atoms with Crippen molar-refractivity contribution in [2.45, 2.75) is 70.1 Å². The fraction of sp³-hybridized carbons (Fsp3) is 0.481. The van der Waals surface area contributed by atoms with Gasteiger partial charge in [-0.15, -0.1) is 0 Å². The zero-order valence-electron chi connectivity index (χ0n) is 18.8. The van der Waals surface area contributed by atoms with E-state index in [0.29, 0.717) is 12.3 Å². The lowest BCUT2D eigenvalue weighted by Crippen LogP contribution is -2.47. The number of ether oxygens (including phenoxy) is 2. The van der Waals surface area contributed by atoms with E-state index in [0.717, 1.165) is 25.7 Å². The van der Waals surface area contributed by atoms with Crippen LogP contribution >= 0.6 is 0 Å². The van der Waals surface area contributed by atoms with Crippen LogP contribution in [0, 0.1) is 5.92 Å². The summed E-state index contributed by atoms with van der Waals surface area (Å²) in [6.45, 7) is 3.96. The lowest BCUT2D eigenvalue weighted by atomic mass is 9.85. The van der Waals surface area contributed by atoms with Gasteiger partial charge < -0.3 is 9.47 Å². The quantitative estimate of drug-likeness (QED) is 0.596. The predicted molar refractivity (Wildman–Crippen MR) is 122 cm³/mol. The minimum Gasteiger partial charge on any atom is -0.461 e. The normalized spacial score (nSPS) is 24.1. The monoisotopic (exact) mass is 433 g/mol. The summed E-state index contributed by atoms with van der Waals surface area (Å²) in [5, 5.41) is 0. The molecule has 1 saturated carbocycles. The predicted octanol–water partition coefficient (Wildman–Crippen LogP) is 5.52. The SMILES string of the molecule is CC(C)OC(=O)C1CC2CCCCC2N1C(=O)OCC1c2ccccc2-c2ccccc21. The van der Waals surface area contributed by atoms with E-state index in [1.807, 2.05) is 38.1 Å². The van der Waals surface area contributed by atoms with Crippen LogP contribution in [0.4, 0.5) is 4.79 Å². The van der Waals surface area contributed by atoms with Crippen molar-refractivity contribution >= 4 is 12.1 Å². The summed E-state index contributed by atoms with van der Waals surface area (Å²) in [5.74, 6) is 0.0639. The average molecular weight is 434 g/mol. The minimum absolute atomic E-state index is 0.0113. The number of fused-ring (bicyclic) bond motifs is 4. The van der Waals surface area contributed by atoms with Crippen LogP contribution < -0.4 is 0 Å². The summed E-state index contributed by atoms with van der Waals surface area (Å²) in [7, 11) is 0. The largest absolute Gasteiger partial charge is 0.461 e. The van der Waals surface area contributed by atoms with E-state index in [-0.39, 0.29) is 36.7 Å². The molecule has 3 aliphatic rings. The van der Waals surface area contributed by atoms with Crippen molar-refractivity contribution in [2.24, 2.45) is 5.92 Å². The molecule has 2 aromatic rings. The van der Waals surface area contributed by atoms with Gasteiger partial charge in [-0.2, -0.15) is 0 Å². The molecule has 3 unspecified atom stereocenters. The topological polar surface area (TPSA) is 55.8 Å². The second-order valence-electron chi connectivity index (χ2n) is 9.56. The summed E-state index contributed by atoms with van der Waals surface area (Å²) < 4.78 is 11.4. The first-order valence-electron chi connectivity index (χ1n) is 11.9. The number of benzene rings is 2. The highest BCUT2D eigenvalue weighted by atomic mass is 16.6. The van der Waals surface area contributed by atoms with E-state index >= 15 is 0 Å². The van der Waals surface area contributed by atoms with Crippen LogP contribution in [0.15, 0.2) is 48.5 Å². The molecule has 168 valence electrons. The third-order valence-electron chi connectivity index (χ3n) is 7.26. The Morgan fingerprint density at radius 3 is 2.25 bits per heavy atom. The number of likely N-dealkylation sites (tertiary alicyclic amines) is 1. The molecule has 0 radical (unpaired) electrons. The number of hydrogen-bond donors (Lipinski definition) is 0. The molecule has 5 nitrogen and oxygen atoms in total. The maximum absolute atomic E-state index is 13.4. The Morgan fingerprint density at radius 1 is 0.969 bits per heavy atom. The van der Waals surface area contributed by atoms with Crippen molar-refractivity contribution in [2.75, 3.05) is 6.61 Å². The van der Waals surface area contributed by atoms with Crippen molar-refractivity contribution in [3.63, 3.8) is 0 Å². The van der Waals surface area contributed by atoms with Crippen LogP contribution in [-0.2, 0) is 14.3 Å². The number of nitrogens with zero attached hydrogens (tertiary/aromatic N) is 1. The maximum Gasteiger partial charge on any atom is 0.410 e. The molecule has 2 aliphatic carbocycles. The molecule has 5 rings (SSSR count). The van der Waals surface area contributed by atoms with Crippen LogP contribution in [0.1, 0.15) is 63.0 Å². The summed E-state index contributed by atoms with van der Waals surface area (Å²) in [5.41, 5.74) is 4.79. The molecule has 0 aromatic heterocycles. The fourth-order valence-electron chi connectivity index (χ4n) is 5.91. The number of rotatable bonds is 4. The second kappa shape index (κ2) is 8.61. The Kier molecular flexibility index (Phi) is 5.66. The standard InChI is InChI=1S/C27H31NO4/c1-17(2)32-26(29)25-15-18-9-3-8-14-24(18)28(25)27(30)31-16-23-21-12-6-4-10-19(21)20-11-5-7-13-22(20)23/h4-7,10-13,17-18,23-25H,3,8-9,14-16H2,1-2H3. The molecular weight excluding hydrogens is 402 g/mol. The molecule has 5 heteroatoms. The summed E-state index contributed by atoms with van der Waals surface area (Å²) in [6, 6.07) is 16.2. The van der Waals surface area contributed by atoms with E-state index in [1.54, 1.807) is 4.90 Å². The molecule has 2 aromatic carbocycles. The van der Waals surface area contributed by atoms with Crippen LogP contribution in [0.3, 0.4) is 0 Å². The Bertz CT molecular complexity index is 971. The summed E-state index contributed by atoms with van der Waals surface area (Å²) in [4.78, 5) is 27.9. The Hall–Kier alpha value is -2.82. The maximum atomic E-state index is 13.4. The van der Waals surface area contributed by atoms with Gasteiger partial charge in [0.25, 0.3) is 0 Å². The van der Waals surface area contributed by atoms with E-state index < -0.39 is 6.04 Å². The fourth-order valence-corrected chi connectivity index (χ4v) is 5.91. The van der Waals surface area contributed by atoms with Crippen LogP contribution in [0.2, 0.25) is 0 Å². The van der Waals surface area contributed by atoms with E-state index in [9.17, 15) is 9.59 Å². The molecular formula is C27H31NO4. The third kappa shape index (κ3) is 3.68. The van der Waals surface area contributed by atoms with Crippen molar-refractivity contribution in [1.29, 1.82) is 0 Å². The van der Waals surface area contributed by atoms with Gasteiger partial charge in [-0.1, -0.05) is 61.4 Å². The molecule has 1 saturated heterocycles. The molecule has 1 heterocycles. The molecule has 0 N–H and O–H groups in total. The highest BCUT2D eigenvalue weighted by molar-refractivity contribution is 5.83. The highest BCUT2D eigenvalue weighted by Gasteiger charge is 2.49. The van der Waals surface area contributed by atoms with Gasteiger partial charge >= 0.3 is 12.1 Å². The van der Waals surface area contributed by atoms with E-state index in [2.05, 4.69) is 24.3 Å². The third-order valence-corrected chi connectivity index (χ3v) is 7.26. The summed E-state index contributed by atoms with van der Waals surface area (Å²) in [6.07, 6.45) is 4.33. The van der Waals surface area contributed by atoms with Gasteiger partial charge in [0, 0.05) is 12.0 Å². The highest BCUT2D eigenvalue weighted by Crippen LogP contribution is 2.45. The zero-order chi connectivity index (χ0) is 22.2. The zero-order valence-corrected chi connectivity index (χ0v) is 18.8. The molecule has 0 bridgehead atoms. The lowest BCUT2D eigenvalue weighted by Gasteiger charge is -2.33. The van der Waals surface area contributed by atoms with E-state index in [4.69, 9.17) is 9.47 Å². The second-order valence-corrected chi connectivity index (χ2v) is 9.56. The van der Waals surface area contributed by atoms with Crippen LogP contribution in [0.5, 0.6) is 0 Å². The van der Waals surface area contributed by atoms with Crippen molar-refractivity contribution in [3.8, 4) is 11.1 Å². The molecule has 2 fully saturated rings. The number of esters is 1. The van der Waals surface area contributed by atoms with Crippen LogP contribution in [0.25, 0.3) is 11.1 Å². The smallest absolute Gasteiger partial charge is 0.410 e. The summed E-state index contributed by atoms with van der Waals surface area (Å²) >= 11 is 0. The molecule has 3 atom stereocenters. The number of carbonyl (C=O) groups is 2. The Labute approximate surface area is 189 Å². The van der Waals surface area contributed by atoms with Gasteiger partial charge in [0.2, 0.25) is 0 Å². The first-order chi connectivity index (χ1) is 15.5. The van der Waals surface area contributed by atoms with Gasteiger partial charge in [-0.25, -0.2) is 9.59 Å². The average Bonchev–Trinajstić information content (AvgIpc) is 3.34. The Balaban J connectivity index is 1.36. The first-order valence-corrected chi connectivity index (χ1v) is 11.9. The van der Waals surface area contributed by atoms with Gasteiger partial charge in [-0.05, 0) is 61.3 Å². The van der Waals surface area contributed by atoms with Crippen molar-refractivity contribution < 1.29 is 19.1 Å². The molecule has 32 heavy (non-hydrogen) atoms. The Morgan fingerprint density at radius 2 is 1.59 bits per heavy atom. The first kappa shape index (κ1) is 21.0. The lowest BCUT2D eigenvalue weighted by molar-refractivity contribution is -0.152. The van der Waals surface area contributed by atoms with Gasteiger partial charge in [0.15, 0.2) is 0 Å². The number of hydrogen-bond acceptors (Lipinski definition) is 4. The van der Waals surface area contributed by atoms with Gasteiger partial charge in [-0.3, -0.25) is 4.90 Å². The minimum atomic E-state index is -0.541. The van der Waals surface area contributed by atoms with Gasteiger partial charge in [0.05, 0.1) is 6.10 Å². The molecule has 0 spiro atoms. The van der Waals surface area contributed by atoms with Gasteiger partial charge in [0.1, 0.15) is 12.6 Å². The number of amides is 1. The molecule has 1 aliphatic heterocycles. The molecule has 1 amide bonds. The van der Waals surface area contributed by atoms with Crippen LogP contribution in [-0.4, -0.2) is 41.8 Å². The van der Waals surface area contributed by atoms with Crippen molar-refractivity contribution in [3.05, 3.63) is 59.7 Å². The van der Waals surface area contributed by atoms with Crippen molar-refractivity contribution in [1.82, 2.24) is 4.90 Å². The number of carbonyl (C=O) groups excluding carboxylic acids is 2.